The fourth-order valence-corrected chi connectivity index (χ4v) is 2.87. The van der Waals surface area contributed by atoms with E-state index in [-0.39, 0.29) is 30.6 Å². The highest BCUT2D eigenvalue weighted by Gasteiger charge is 2.23. The minimum absolute atomic E-state index is 0. The van der Waals surface area contributed by atoms with Gasteiger partial charge in [0.25, 0.3) is 0 Å². The van der Waals surface area contributed by atoms with Crippen molar-refractivity contribution in [3.8, 4) is 0 Å². The van der Waals surface area contributed by atoms with Gasteiger partial charge >= 0.3 is 0 Å². The Labute approximate surface area is 137 Å². The summed E-state index contributed by atoms with van der Waals surface area (Å²) in [6, 6.07) is 5.07. The van der Waals surface area contributed by atoms with Crippen LogP contribution in [0.2, 0.25) is 5.02 Å². The summed E-state index contributed by atoms with van der Waals surface area (Å²) in [6.45, 7) is 6.25. The van der Waals surface area contributed by atoms with Gasteiger partial charge < -0.3 is 5.32 Å². The molecule has 116 valence electrons. The maximum atomic E-state index is 13.1. The van der Waals surface area contributed by atoms with Crippen LogP contribution in [0.25, 0.3) is 0 Å². The van der Waals surface area contributed by atoms with E-state index in [1.807, 2.05) is 6.07 Å². The van der Waals surface area contributed by atoms with Crippen LogP contribution in [-0.2, 0) is 0 Å². The number of hydrogen-bond donors (Lipinski definition) is 1. The van der Waals surface area contributed by atoms with Gasteiger partial charge in [0, 0.05) is 37.2 Å². The Bertz CT molecular complexity index is 398. The fourth-order valence-electron chi connectivity index (χ4n) is 2.57. The molecule has 1 heterocycles. The molecule has 20 heavy (non-hydrogen) atoms. The lowest BCUT2D eigenvalue weighted by atomic mass is 9.99. The zero-order valence-corrected chi connectivity index (χ0v) is 14.0. The second-order valence-electron chi connectivity index (χ2n) is 4.76. The van der Waals surface area contributed by atoms with Crippen LogP contribution in [0.1, 0.15) is 31.4 Å². The lowest BCUT2D eigenvalue weighted by molar-refractivity contribution is 0.164. The molecule has 0 unspecified atom stereocenters. The average molecular weight is 344 g/mol. The van der Waals surface area contributed by atoms with Gasteiger partial charge in [0.05, 0.1) is 0 Å². The lowest BCUT2D eigenvalue weighted by Gasteiger charge is -2.35. The zero-order chi connectivity index (χ0) is 13.0. The van der Waals surface area contributed by atoms with E-state index in [1.165, 1.54) is 12.1 Å². The van der Waals surface area contributed by atoms with Crippen molar-refractivity contribution >= 4 is 36.4 Å². The normalized spacial score (nSPS) is 16.9. The van der Waals surface area contributed by atoms with Crippen molar-refractivity contribution < 1.29 is 4.39 Å². The Morgan fingerprint density at radius 1 is 1.30 bits per heavy atom. The Hall–Kier alpha value is -0.0600. The van der Waals surface area contributed by atoms with Gasteiger partial charge in [-0.2, -0.15) is 0 Å². The number of piperazine rings is 1. The van der Waals surface area contributed by atoms with Gasteiger partial charge in [-0.3, -0.25) is 4.90 Å². The molecular formula is C14H22Cl3FN2. The third kappa shape index (κ3) is 5.05. The van der Waals surface area contributed by atoms with Gasteiger partial charge in [-0.05, 0) is 24.1 Å². The summed E-state index contributed by atoms with van der Waals surface area (Å²) < 4.78 is 13.1. The van der Waals surface area contributed by atoms with Crippen LogP contribution >= 0.6 is 36.4 Å². The summed E-state index contributed by atoms with van der Waals surface area (Å²) in [4.78, 5) is 2.44. The molecule has 0 radical (unpaired) electrons. The molecule has 1 N–H and O–H groups in total. The first-order valence-electron chi connectivity index (χ1n) is 6.62. The highest BCUT2D eigenvalue weighted by atomic mass is 35.5. The van der Waals surface area contributed by atoms with Crippen molar-refractivity contribution in [2.45, 2.75) is 25.8 Å². The molecule has 1 aromatic rings. The predicted octanol–water partition coefficient (Wildman–Crippen LogP) is 4.07. The summed E-state index contributed by atoms with van der Waals surface area (Å²) in [7, 11) is 0. The second kappa shape index (κ2) is 9.80. The molecule has 0 aliphatic carbocycles. The number of benzene rings is 1. The molecule has 0 bridgehead atoms. The molecule has 1 aliphatic heterocycles. The maximum Gasteiger partial charge on any atom is 0.124 e. The molecule has 1 fully saturated rings. The molecule has 0 aromatic heterocycles. The Balaban J connectivity index is 0.00000180. The van der Waals surface area contributed by atoms with Crippen LogP contribution in [0.15, 0.2) is 18.2 Å². The van der Waals surface area contributed by atoms with Gasteiger partial charge in [0.1, 0.15) is 5.82 Å². The van der Waals surface area contributed by atoms with Crippen LogP contribution in [0.3, 0.4) is 0 Å². The van der Waals surface area contributed by atoms with Crippen molar-refractivity contribution in [3.63, 3.8) is 0 Å². The lowest BCUT2D eigenvalue weighted by Crippen LogP contribution is -2.45. The molecule has 0 amide bonds. The number of hydrogen-bond acceptors (Lipinski definition) is 2. The smallest absolute Gasteiger partial charge is 0.124 e. The number of halogens is 4. The SMILES string of the molecule is CCC[C@H](c1ccc(F)cc1Cl)N1CCNCC1.Cl.Cl. The fraction of sp³-hybridized carbons (Fsp3) is 0.571. The van der Waals surface area contributed by atoms with Crippen LogP contribution in [0, 0.1) is 5.82 Å². The van der Waals surface area contributed by atoms with E-state index < -0.39 is 0 Å². The third-order valence-corrected chi connectivity index (χ3v) is 3.80. The summed E-state index contributed by atoms with van der Waals surface area (Å²) in [6.07, 6.45) is 2.16. The first kappa shape index (κ1) is 19.9. The summed E-state index contributed by atoms with van der Waals surface area (Å²) in [5.74, 6) is -0.265. The van der Waals surface area contributed by atoms with Crippen LogP contribution in [-0.4, -0.2) is 31.1 Å². The highest BCUT2D eigenvalue weighted by Crippen LogP contribution is 2.31. The molecule has 1 saturated heterocycles. The van der Waals surface area contributed by atoms with E-state index in [4.69, 9.17) is 11.6 Å². The van der Waals surface area contributed by atoms with Crippen LogP contribution < -0.4 is 5.32 Å². The topological polar surface area (TPSA) is 15.3 Å². The second-order valence-corrected chi connectivity index (χ2v) is 5.16. The summed E-state index contributed by atoms with van der Waals surface area (Å²) in [5.41, 5.74) is 1.06. The van der Waals surface area contributed by atoms with Crippen LogP contribution in [0.5, 0.6) is 0 Å². The number of nitrogens with one attached hydrogen (secondary N) is 1. The molecular weight excluding hydrogens is 322 g/mol. The number of nitrogens with zero attached hydrogens (tertiary/aromatic N) is 1. The average Bonchev–Trinajstić information content (AvgIpc) is 2.38. The largest absolute Gasteiger partial charge is 0.314 e. The van der Waals surface area contributed by atoms with Gasteiger partial charge in [-0.25, -0.2) is 4.39 Å². The molecule has 6 heteroatoms. The molecule has 2 rings (SSSR count). The first-order valence-corrected chi connectivity index (χ1v) is 7.00. The quantitative estimate of drug-likeness (QED) is 0.886. The van der Waals surface area contributed by atoms with Gasteiger partial charge in [-0.15, -0.1) is 24.8 Å². The molecule has 0 spiro atoms. The van der Waals surface area contributed by atoms with E-state index in [0.717, 1.165) is 44.6 Å². The monoisotopic (exact) mass is 342 g/mol. The van der Waals surface area contributed by atoms with Gasteiger partial charge in [-0.1, -0.05) is 31.0 Å². The van der Waals surface area contributed by atoms with Crippen molar-refractivity contribution in [1.82, 2.24) is 10.2 Å². The van der Waals surface area contributed by atoms with E-state index in [2.05, 4.69) is 17.1 Å². The van der Waals surface area contributed by atoms with Crippen molar-refractivity contribution in [1.29, 1.82) is 0 Å². The first-order chi connectivity index (χ1) is 8.72. The van der Waals surface area contributed by atoms with Crippen molar-refractivity contribution in [2.24, 2.45) is 0 Å². The summed E-state index contributed by atoms with van der Waals surface area (Å²) >= 11 is 6.20. The van der Waals surface area contributed by atoms with Crippen LogP contribution in [0.4, 0.5) is 4.39 Å². The van der Waals surface area contributed by atoms with E-state index >= 15 is 0 Å². The molecule has 2 nitrogen and oxygen atoms in total. The predicted molar refractivity (Wildman–Crippen MR) is 88.0 cm³/mol. The molecule has 1 aromatic carbocycles. The zero-order valence-electron chi connectivity index (χ0n) is 11.6. The summed E-state index contributed by atoms with van der Waals surface area (Å²) in [5, 5.41) is 3.90. The Morgan fingerprint density at radius 3 is 2.50 bits per heavy atom. The molecule has 1 aliphatic rings. The standard InChI is InChI=1S/C14H20ClFN2.2ClH/c1-2-3-14(18-8-6-17-7-9-18)12-5-4-11(16)10-13(12)15;;/h4-5,10,14,17H,2-3,6-9H2,1H3;2*1H/t14-;;/m1../s1. The third-order valence-electron chi connectivity index (χ3n) is 3.48. The molecule has 1 atom stereocenters. The van der Waals surface area contributed by atoms with Gasteiger partial charge in [0.2, 0.25) is 0 Å². The van der Waals surface area contributed by atoms with E-state index in [1.54, 1.807) is 0 Å². The number of rotatable bonds is 4. The Morgan fingerprint density at radius 2 is 1.95 bits per heavy atom. The van der Waals surface area contributed by atoms with E-state index in [0.29, 0.717) is 11.1 Å². The van der Waals surface area contributed by atoms with Crippen molar-refractivity contribution in [3.05, 3.63) is 34.6 Å². The van der Waals surface area contributed by atoms with Crippen molar-refractivity contribution in [2.75, 3.05) is 26.2 Å². The molecule has 0 saturated carbocycles. The van der Waals surface area contributed by atoms with Gasteiger partial charge in [0.15, 0.2) is 0 Å². The minimum Gasteiger partial charge on any atom is -0.314 e. The maximum absolute atomic E-state index is 13.1. The highest BCUT2D eigenvalue weighted by molar-refractivity contribution is 6.31. The minimum atomic E-state index is -0.265. The van der Waals surface area contributed by atoms with E-state index in [9.17, 15) is 4.39 Å². The Kier molecular flexibility index (Phi) is 9.77.